The van der Waals surface area contributed by atoms with Gasteiger partial charge in [-0.25, -0.2) is 0 Å². The highest BCUT2D eigenvalue weighted by molar-refractivity contribution is 6.00. The number of anilines is 1. The normalized spacial score (nSPS) is 17.1. The Hall–Kier alpha value is -2.01. The fourth-order valence-corrected chi connectivity index (χ4v) is 2.40. The number of amides is 1. The molecule has 5 heteroatoms. The molecule has 0 aliphatic heterocycles. The Morgan fingerprint density at radius 3 is 2.89 bits per heavy atom. The molecule has 0 atom stereocenters. The molecular formula is C14H17N3O2. The summed E-state index contributed by atoms with van der Waals surface area (Å²) in [6.07, 6.45) is 2.54. The van der Waals surface area contributed by atoms with Crippen molar-refractivity contribution in [2.45, 2.75) is 24.9 Å². The second-order valence-electron chi connectivity index (χ2n) is 5.26. The summed E-state index contributed by atoms with van der Waals surface area (Å²) in [7, 11) is 0. The molecular weight excluding hydrogens is 242 g/mol. The Kier molecular flexibility index (Phi) is 2.71. The van der Waals surface area contributed by atoms with E-state index in [2.05, 4.69) is 10.3 Å². The Morgan fingerprint density at radius 2 is 2.26 bits per heavy atom. The molecule has 1 aliphatic carbocycles. The van der Waals surface area contributed by atoms with Crippen molar-refractivity contribution in [1.82, 2.24) is 10.3 Å². The molecule has 5 N–H and O–H groups in total. The lowest BCUT2D eigenvalue weighted by Gasteiger charge is -2.36. The number of nitrogen functional groups attached to an aromatic ring is 1. The van der Waals surface area contributed by atoms with E-state index in [4.69, 9.17) is 5.73 Å². The number of carbonyl (C=O) groups is 1. The second kappa shape index (κ2) is 4.28. The minimum atomic E-state index is -0.708. The number of fused-ring (bicyclic) bond motifs is 1. The molecule has 3 rings (SSSR count). The fourth-order valence-electron chi connectivity index (χ4n) is 2.40. The first-order chi connectivity index (χ1) is 9.07. The number of hydrogen-bond donors (Lipinski definition) is 4. The van der Waals surface area contributed by atoms with Gasteiger partial charge in [0.1, 0.15) is 5.69 Å². The third-order valence-corrected chi connectivity index (χ3v) is 3.80. The van der Waals surface area contributed by atoms with E-state index in [1.54, 1.807) is 12.1 Å². The summed E-state index contributed by atoms with van der Waals surface area (Å²) in [5.41, 5.74) is 6.99. The number of para-hydroxylation sites is 1. The molecule has 0 saturated heterocycles. The molecule has 1 amide bonds. The number of aliphatic hydroxyl groups is 1. The minimum absolute atomic E-state index is 0.212. The maximum Gasteiger partial charge on any atom is 0.267 e. The second-order valence-corrected chi connectivity index (χ2v) is 5.26. The number of benzene rings is 1. The molecule has 0 spiro atoms. The Bertz CT molecular complexity index is 629. The van der Waals surface area contributed by atoms with Crippen molar-refractivity contribution in [1.29, 1.82) is 0 Å². The smallest absolute Gasteiger partial charge is 0.267 e. The molecule has 100 valence electrons. The van der Waals surface area contributed by atoms with Gasteiger partial charge in [0.05, 0.1) is 16.8 Å². The number of hydrogen-bond acceptors (Lipinski definition) is 3. The average molecular weight is 259 g/mol. The lowest BCUT2D eigenvalue weighted by Crippen LogP contribution is -2.47. The molecule has 0 unspecified atom stereocenters. The highest BCUT2D eigenvalue weighted by Gasteiger charge is 2.34. The first-order valence-corrected chi connectivity index (χ1v) is 6.45. The fraction of sp³-hybridized carbons (Fsp3) is 0.357. The summed E-state index contributed by atoms with van der Waals surface area (Å²) in [5, 5.41) is 13.6. The largest absolute Gasteiger partial charge is 0.397 e. The maximum absolute atomic E-state index is 12.0. The van der Waals surface area contributed by atoms with Crippen LogP contribution in [0, 0.1) is 0 Å². The molecule has 2 aromatic rings. The van der Waals surface area contributed by atoms with Gasteiger partial charge in [-0.3, -0.25) is 4.79 Å². The van der Waals surface area contributed by atoms with Crippen LogP contribution in [0.25, 0.3) is 10.9 Å². The average Bonchev–Trinajstić information content (AvgIpc) is 2.79. The van der Waals surface area contributed by atoms with Crippen molar-refractivity contribution in [3.05, 3.63) is 30.0 Å². The summed E-state index contributed by atoms with van der Waals surface area (Å²) >= 11 is 0. The molecule has 1 heterocycles. The van der Waals surface area contributed by atoms with Gasteiger partial charge >= 0.3 is 0 Å². The number of rotatable bonds is 3. The number of nitrogens with two attached hydrogens (primary N) is 1. The molecule has 0 bridgehead atoms. The van der Waals surface area contributed by atoms with Gasteiger partial charge in [0, 0.05) is 11.9 Å². The Morgan fingerprint density at radius 1 is 1.47 bits per heavy atom. The molecule has 1 aliphatic rings. The molecule has 5 nitrogen and oxygen atoms in total. The third-order valence-electron chi connectivity index (χ3n) is 3.80. The summed E-state index contributed by atoms with van der Waals surface area (Å²) in [4.78, 5) is 15.0. The SMILES string of the molecule is Nc1cccc2cc(C(=O)NCC3(O)CCC3)[nH]c12. The summed E-state index contributed by atoms with van der Waals surface area (Å²) < 4.78 is 0. The van der Waals surface area contributed by atoms with Crippen molar-refractivity contribution in [3.8, 4) is 0 Å². The van der Waals surface area contributed by atoms with Crippen LogP contribution in [0.1, 0.15) is 29.8 Å². The van der Waals surface area contributed by atoms with E-state index in [1.807, 2.05) is 12.1 Å². The lowest BCUT2D eigenvalue weighted by molar-refractivity contribution is -0.0300. The van der Waals surface area contributed by atoms with E-state index in [-0.39, 0.29) is 5.91 Å². The van der Waals surface area contributed by atoms with Gasteiger partial charge in [-0.15, -0.1) is 0 Å². The quantitative estimate of drug-likeness (QED) is 0.628. The minimum Gasteiger partial charge on any atom is -0.397 e. The Labute approximate surface area is 110 Å². The molecule has 0 radical (unpaired) electrons. The van der Waals surface area contributed by atoms with Gasteiger partial charge in [0.25, 0.3) is 5.91 Å². The summed E-state index contributed by atoms with van der Waals surface area (Å²) in [5.74, 6) is -0.212. The van der Waals surface area contributed by atoms with E-state index >= 15 is 0 Å². The standard InChI is InChI=1S/C14H17N3O2/c15-10-4-1-3-9-7-11(17-12(9)10)13(18)16-8-14(19)5-2-6-14/h1,3-4,7,17,19H,2,5-6,8,15H2,(H,16,18). The third kappa shape index (κ3) is 2.17. The zero-order valence-corrected chi connectivity index (χ0v) is 10.6. The monoisotopic (exact) mass is 259 g/mol. The van der Waals surface area contributed by atoms with E-state index in [0.717, 1.165) is 30.2 Å². The maximum atomic E-state index is 12.0. The molecule has 1 fully saturated rings. The van der Waals surface area contributed by atoms with Crippen LogP contribution in [0.2, 0.25) is 0 Å². The van der Waals surface area contributed by atoms with Gasteiger partial charge in [-0.1, -0.05) is 12.1 Å². The van der Waals surface area contributed by atoms with Crippen molar-refractivity contribution < 1.29 is 9.90 Å². The van der Waals surface area contributed by atoms with E-state index in [9.17, 15) is 9.90 Å². The number of H-pyrrole nitrogens is 1. The van der Waals surface area contributed by atoms with Gasteiger partial charge in [0.2, 0.25) is 0 Å². The predicted octanol–water partition coefficient (Wildman–Crippen LogP) is 1.39. The highest BCUT2D eigenvalue weighted by atomic mass is 16.3. The highest BCUT2D eigenvalue weighted by Crippen LogP contribution is 2.30. The molecule has 1 aromatic heterocycles. The molecule has 1 aromatic carbocycles. The van der Waals surface area contributed by atoms with Crippen LogP contribution in [-0.2, 0) is 0 Å². The number of aromatic amines is 1. The van der Waals surface area contributed by atoms with Crippen molar-refractivity contribution >= 4 is 22.5 Å². The van der Waals surface area contributed by atoms with Crippen LogP contribution in [0.15, 0.2) is 24.3 Å². The van der Waals surface area contributed by atoms with Gasteiger partial charge in [-0.05, 0) is 31.4 Å². The zero-order chi connectivity index (χ0) is 13.5. The van der Waals surface area contributed by atoms with E-state index < -0.39 is 5.60 Å². The van der Waals surface area contributed by atoms with E-state index in [0.29, 0.717) is 17.9 Å². The van der Waals surface area contributed by atoms with Crippen LogP contribution in [0.5, 0.6) is 0 Å². The number of aromatic nitrogens is 1. The van der Waals surface area contributed by atoms with Crippen molar-refractivity contribution in [2.24, 2.45) is 0 Å². The van der Waals surface area contributed by atoms with E-state index in [1.165, 1.54) is 0 Å². The van der Waals surface area contributed by atoms with Crippen LogP contribution in [-0.4, -0.2) is 28.1 Å². The predicted molar refractivity (Wildman–Crippen MR) is 73.8 cm³/mol. The number of nitrogens with one attached hydrogen (secondary N) is 2. The van der Waals surface area contributed by atoms with Crippen LogP contribution in [0.4, 0.5) is 5.69 Å². The zero-order valence-electron chi connectivity index (χ0n) is 10.6. The summed E-state index contributed by atoms with van der Waals surface area (Å²) in [6, 6.07) is 7.31. The van der Waals surface area contributed by atoms with Gasteiger partial charge in [0.15, 0.2) is 0 Å². The van der Waals surface area contributed by atoms with Crippen molar-refractivity contribution in [3.63, 3.8) is 0 Å². The first-order valence-electron chi connectivity index (χ1n) is 6.45. The lowest BCUT2D eigenvalue weighted by atomic mass is 9.80. The summed E-state index contributed by atoms with van der Waals surface area (Å²) in [6.45, 7) is 0.302. The van der Waals surface area contributed by atoms with Gasteiger partial charge < -0.3 is 21.1 Å². The van der Waals surface area contributed by atoms with Crippen LogP contribution in [0.3, 0.4) is 0 Å². The molecule has 1 saturated carbocycles. The molecule has 19 heavy (non-hydrogen) atoms. The van der Waals surface area contributed by atoms with Crippen molar-refractivity contribution in [2.75, 3.05) is 12.3 Å². The van der Waals surface area contributed by atoms with Crippen LogP contribution >= 0.6 is 0 Å². The number of carbonyl (C=O) groups excluding carboxylic acids is 1. The van der Waals surface area contributed by atoms with Crippen LogP contribution < -0.4 is 11.1 Å². The Balaban J connectivity index is 1.76. The first kappa shape index (κ1) is 12.0. The van der Waals surface area contributed by atoms with Gasteiger partial charge in [-0.2, -0.15) is 0 Å². The topological polar surface area (TPSA) is 91.1 Å².